The molecular formula is C18H24Cl3N3O3S. The van der Waals surface area contributed by atoms with E-state index in [0.717, 1.165) is 26.2 Å². The molecular weight excluding hydrogens is 445 g/mol. The molecule has 0 atom stereocenters. The van der Waals surface area contributed by atoms with Crippen LogP contribution in [-0.4, -0.2) is 52.6 Å². The van der Waals surface area contributed by atoms with E-state index in [4.69, 9.17) is 16.3 Å². The summed E-state index contributed by atoms with van der Waals surface area (Å²) in [6.07, 6.45) is 0. The first-order valence-corrected chi connectivity index (χ1v) is 10.4. The summed E-state index contributed by atoms with van der Waals surface area (Å²) in [6.45, 7) is 4.87. The van der Waals surface area contributed by atoms with Crippen molar-refractivity contribution in [2.75, 3.05) is 39.3 Å². The Kier molecular flexibility index (Phi) is 10.5. The van der Waals surface area contributed by atoms with Crippen molar-refractivity contribution in [1.29, 1.82) is 0 Å². The topological polar surface area (TPSA) is 70.7 Å². The van der Waals surface area contributed by atoms with Gasteiger partial charge in [-0.15, -0.1) is 24.8 Å². The van der Waals surface area contributed by atoms with E-state index >= 15 is 0 Å². The number of piperazine rings is 1. The third kappa shape index (κ3) is 7.40. The third-order valence-electron chi connectivity index (χ3n) is 4.10. The molecule has 0 aliphatic carbocycles. The first kappa shape index (κ1) is 25.0. The Morgan fingerprint density at radius 2 is 1.71 bits per heavy atom. The summed E-state index contributed by atoms with van der Waals surface area (Å²) in [7, 11) is -3.53. The van der Waals surface area contributed by atoms with Gasteiger partial charge < -0.3 is 10.1 Å². The number of rotatable bonds is 7. The van der Waals surface area contributed by atoms with Gasteiger partial charge in [0, 0.05) is 44.3 Å². The van der Waals surface area contributed by atoms with Gasteiger partial charge in [0.1, 0.15) is 11.5 Å². The molecule has 0 bridgehead atoms. The molecule has 0 saturated carbocycles. The molecule has 1 aliphatic rings. The normalized spacial score (nSPS) is 14.6. The van der Waals surface area contributed by atoms with Gasteiger partial charge in [-0.1, -0.05) is 17.7 Å². The van der Waals surface area contributed by atoms with Crippen molar-refractivity contribution >= 4 is 46.4 Å². The van der Waals surface area contributed by atoms with E-state index in [1.54, 1.807) is 36.4 Å². The van der Waals surface area contributed by atoms with Crippen molar-refractivity contribution in [1.82, 2.24) is 14.9 Å². The Balaban J connectivity index is 0.00000196. The van der Waals surface area contributed by atoms with Gasteiger partial charge in [0.15, 0.2) is 0 Å². The minimum atomic E-state index is -3.53. The number of halogens is 3. The first-order valence-electron chi connectivity index (χ1n) is 8.49. The Morgan fingerprint density at radius 3 is 2.36 bits per heavy atom. The van der Waals surface area contributed by atoms with Crippen LogP contribution >= 0.6 is 36.4 Å². The Morgan fingerprint density at radius 1 is 1.04 bits per heavy atom. The summed E-state index contributed by atoms with van der Waals surface area (Å²) in [5.41, 5.74) is 0. The Bertz CT molecular complexity index is 829. The molecule has 1 fully saturated rings. The zero-order valence-electron chi connectivity index (χ0n) is 15.1. The highest BCUT2D eigenvalue weighted by atomic mass is 35.5. The van der Waals surface area contributed by atoms with Crippen LogP contribution in [0, 0.1) is 0 Å². The summed E-state index contributed by atoms with van der Waals surface area (Å²) in [4.78, 5) is 2.46. The smallest absolute Gasteiger partial charge is 0.240 e. The zero-order chi connectivity index (χ0) is 18.4. The summed E-state index contributed by atoms with van der Waals surface area (Å²) in [6, 6.07) is 13.4. The highest BCUT2D eigenvalue weighted by Gasteiger charge is 2.15. The van der Waals surface area contributed by atoms with Crippen molar-refractivity contribution in [3.8, 4) is 11.5 Å². The van der Waals surface area contributed by atoms with Gasteiger partial charge in [0.05, 0.1) is 4.90 Å². The lowest BCUT2D eigenvalue weighted by atomic mass is 10.3. The summed E-state index contributed by atoms with van der Waals surface area (Å²) in [5, 5.41) is 3.85. The lowest BCUT2D eigenvalue weighted by Gasteiger charge is -2.27. The summed E-state index contributed by atoms with van der Waals surface area (Å²) < 4.78 is 33.1. The van der Waals surface area contributed by atoms with Crippen LogP contribution in [0.4, 0.5) is 0 Å². The predicted molar refractivity (Wildman–Crippen MR) is 117 cm³/mol. The molecule has 10 heteroatoms. The second kappa shape index (κ2) is 11.8. The van der Waals surface area contributed by atoms with Crippen molar-refractivity contribution in [2.24, 2.45) is 0 Å². The number of ether oxygens (including phenoxy) is 1. The predicted octanol–water partition coefficient (Wildman–Crippen LogP) is 3.16. The maximum Gasteiger partial charge on any atom is 0.240 e. The van der Waals surface area contributed by atoms with E-state index in [1.807, 2.05) is 0 Å². The lowest BCUT2D eigenvalue weighted by molar-refractivity contribution is 0.245. The van der Waals surface area contributed by atoms with Crippen molar-refractivity contribution in [2.45, 2.75) is 4.90 Å². The van der Waals surface area contributed by atoms with Crippen LogP contribution in [0.2, 0.25) is 5.02 Å². The van der Waals surface area contributed by atoms with E-state index in [-0.39, 0.29) is 29.7 Å². The molecule has 28 heavy (non-hydrogen) atoms. The largest absolute Gasteiger partial charge is 0.457 e. The average molecular weight is 469 g/mol. The highest BCUT2D eigenvalue weighted by Crippen LogP contribution is 2.25. The van der Waals surface area contributed by atoms with Gasteiger partial charge in [-0.25, -0.2) is 13.1 Å². The molecule has 0 radical (unpaired) electrons. The quantitative estimate of drug-likeness (QED) is 0.653. The van der Waals surface area contributed by atoms with E-state index in [2.05, 4.69) is 14.9 Å². The number of sulfonamides is 1. The third-order valence-corrected chi connectivity index (χ3v) is 5.81. The van der Waals surface area contributed by atoms with Crippen molar-refractivity contribution < 1.29 is 13.2 Å². The molecule has 1 aliphatic heterocycles. The van der Waals surface area contributed by atoms with E-state index in [0.29, 0.717) is 29.6 Å². The molecule has 2 aromatic carbocycles. The maximum atomic E-state index is 12.4. The fourth-order valence-corrected chi connectivity index (χ4v) is 3.91. The second-order valence-corrected chi connectivity index (χ2v) is 8.22. The fraction of sp³-hybridized carbons (Fsp3) is 0.333. The monoisotopic (exact) mass is 467 g/mol. The molecule has 1 saturated heterocycles. The molecule has 156 valence electrons. The van der Waals surface area contributed by atoms with Gasteiger partial charge >= 0.3 is 0 Å². The first-order chi connectivity index (χ1) is 12.5. The van der Waals surface area contributed by atoms with Gasteiger partial charge in [-0.05, 0) is 42.5 Å². The van der Waals surface area contributed by atoms with Crippen molar-refractivity contribution in [3.05, 3.63) is 53.6 Å². The molecule has 0 amide bonds. The summed E-state index contributed by atoms with van der Waals surface area (Å²) in [5.74, 6) is 1.15. The second-order valence-electron chi connectivity index (χ2n) is 6.02. The highest BCUT2D eigenvalue weighted by molar-refractivity contribution is 7.89. The average Bonchev–Trinajstić information content (AvgIpc) is 2.63. The van der Waals surface area contributed by atoms with E-state index < -0.39 is 10.0 Å². The van der Waals surface area contributed by atoms with Crippen molar-refractivity contribution in [3.63, 3.8) is 0 Å². The Hall–Kier alpha value is -1.06. The number of hydrogen-bond acceptors (Lipinski definition) is 5. The standard InChI is InChI=1S/C18H22ClN3O3S.2ClH/c19-15-2-1-3-17(14-15)25-16-4-6-18(7-5-16)26(23,24)21-10-13-22-11-8-20-9-12-22;;/h1-7,14,20-21H,8-13H2;2*1H. The molecule has 3 rings (SSSR count). The van der Waals surface area contributed by atoms with Crippen LogP contribution in [0.15, 0.2) is 53.4 Å². The lowest BCUT2D eigenvalue weighted by Crippen LogP contribution is -2.46. The van der Waals surface area contributed by atoms with Crippen LogP contribution < -0.4 is 14.8 Å². The van der Waals surface area contributed by atoms with Gasteiger partial charge in [0.2, 0.25) is 10.0 Å². The van der Waals surface area contributed by atoms with Crippen LogP contribution in [0.25, 0.3) is 0 Å². The SMILES string of the molecule is Cl.Cl.O=S(=O)(NCCN1CCNCC1)c1ccc(Oc2cccc(Cl)c2)cc1. The minimum absolute atomic E-state index is 0. The molecule has 2 N–H and O–H groups in total. The van der Waals surface area contributed by atoms with Gasteiger partial charge in [0.25, 0.3) is 0 Å². The van der Waals surface area contributed by atoms with E-state index in [1.165, 1.54) is 12.1 Å². The molecule has 6 nitrogen and oxygen atoms in total. The number of benzene rings is 2. The molecule has 2 aromatic rings. The Labute approximate surface area is 183 Å². The van der Waals surface area contributed by atoms with Crippen LogP contribution in [0.5, 0.6) is 11.5 Å². The molecule has 0 spiro atoms. The molecule has 0 aromatic heterocycles. The summed E-state index contributed by atoms with van der Waals surface area (Å²) >= 11 is 5.93. The van der Waals surface area contributed by atoms with E-state index in [9.17, 15) is 8.42 Å². The number of nitrogens with one attached hydrogen (secondary N) is 2. The zero-order valence-corrected chi connectivity index (χ0v) is 18.3. The number of nitrogens with zero attached hydrogens (tertiary/aromatic N) is 1. The number of hydrogen-bond donors (Lipinski definition) is 2. The van der Waals surface area contributed by atoms with Gasteiger partial charge in [-0.3, -0.25) is 4.90 Å². The fourth-order valence-electron chi connectivity index (χ4n) is 2.71. The van der Waals surface area contributed by atoms with Crippen LogP contribution in [0.3, 0.4) is 0 Å². The maximum absolute atomic E-state index is 12.4. The molecule has 0 unspecified atom stereocenters. The van der Waals surface area contributed by atoms with Crippen LogP contribution in [-0.2, 0) is 10.0 Å². The van der Waals surface area contributed by atoms with Crippen LogP contribution in [0.1, 0.15) is 0 Å². The van der Waals surface area contributed by atoms with Gasteiger partial charge in [-0.2, -0.15) is 0 Å². The minimum Gasteiger partial charge on any atom is -0.457 e. The molecule has 1 heterocycles.